The monoisotopic (exact) mass is 270 g/mol. The average Bonchev–Trinajstić information content (AvgIpc) is 2.97. The highest BCUT2D eigenvalue weighted by atomic mass is 16.5. The van der Waals surface area contributed by atoms with Gasteiger partial charge in [0.25, 0.3) is 0 Å². The topological polar surface area (TPSA) is 78.9 Å². The number of hydrogen-bond acceptors (Lipinski definition) is 3. The number of amides is 2. The van der Waals surface area contributed by atoms with Crippen LogP contribution in [0.1, 0.15) is 33.1 Å². The molecule has 0 aliphatic carbocycles. The summed E-state index contributed by atoms with van der Waals surface area (Å²) in [5.74, 6) is -0.632. The van der Waals surface area contributed by atoms with Crippen LogP contribution in [-0.2, 0) is 9.53 Å². The molecule has 2 amide bonds. The van der Waals surface area contributed by atoms with Crippen LogP contribution in [0.2, 0.25) is 0 Å². The Morgan fingerprint density at radius 3 is 2.74 bits per heavy atom. The summed E-state index contributed by atoms with van der Waals surface area (Å²) in [6, 6.07) is -0.0720. The number of carboxylic acids is 1. The summed E-state index contributed by atoms with van der Waals surface area (Å²) < 4.78 is 5.15. The van der Waals surface area contributed by atoms with Crippen LogP contribution in [0, 0.1) is 5.92 Å². The van der Waals surface area contributed by atoms with Crippen molar-refractivity contribution in [3.63, 3.8) is 0 Å². The van der Waals surface area contributed by atoms with Gasteiger partial charge in [-0.15, -0.1) is 0 Å². The number of carbonyl (C=O) groups excluding carboxylic acids is 1. The molecular weight excluding hydrogens is 248 g/mol. The molecule has 2 fully saturated rings. The lowest BCUT2D eigenvalue weighted by atomic mass is 9.99. The fourth-order valence-electron chi connectivity index (χ4n) is 2.90. The van der Waals surface area contributed by atoms with E-state index in [9.17, 15) is 14.7 Å². The normalized spacial score (nSPS) is 30.9. The molecule has 2 heterocycles. The predicted octanol–water partition coefficient (Wildman–Crippen LogP) is 1.06. The molecule has 6 heteroatoms. The molecule has 2 saturated heterocycles. The lowest BCUT2D eigenvalue weighted by Gasteiger charge is -2.32. The van der Waals surface area contributed by atoms with Crippen LogP contribution in [0.25, 0.3) is 0 Å². The number of likely N-dealkylation sites (tertiary alicyclic amines) is 1. The minimum absolute atomic E-state index is 0.0499. The predicted molar refractivity (Wildman–Crippen MR) is 68.9 cm³/mol. The zero-order valence-electron chi connectivity index (χ0n) is 11.5. The quantitative estimate of drug-likeness (QED) is 0.803. The van der Waals surface area contributed by atoms with E-state index < -0.39 is 11.5 Å². The number of nitrogens with zero attached hydrogens (tertiary/aromatic N) is 1. The third-order valence-corrected chi connectivity index (χ3v) is 4.11. The summed E-state index contributed by atoms with van der Waals surface area (Å²) in [4.78, 5) is 25.5. The molecule has 108 valence electrons. The van der Waals surface area contributed by atoms with Crippen LogP contribution < -0.4 is 5.32 Å². The second kappa shape index (κ2) is 5.36. The summed E-state index contributed by atoms with van der Waals surface area (Å²) >= 11 is 0. The number of urea groups is 1. The summed E-state index contributed by atoms with van der Waals surface area (Å²) in [5, 5.41) is 12.0. The fourth-order valence-corrected chi connectivity index (χ4v) is 2.90. The molecular formula is C13H22N2O4. The van der Waals surface area contributed by atoms with E-state index in [1.165, 1.54) is 0 Å². The molecule has 6 nitrogen and oxygen atoms in total. The number of aliphatic carboxylic acids is 1. The van der Waals surface area contributed by atoms with E-state index in [0.717, 1.165) is 12.8 Å². The molecule has 0 aromatic heterocycles. The van der Waals surface area contributed by atoms with Gasteiger partial charge < -0.3 is 20.1 Å². The SMILES string of the molecule is CC(C)C1CCCN1C(=O)NC1(C(=O)O)CCOC1. The fraction of sp³-hybridized carbons (Fsp3) is 0.846. The number of hydrogen-bond donors (Lipinski definition) is 2. The minimum atomic E-state index is -1.25. The Kier molecular flexibility index (Phi) is 3.99. The molecule has 2 aliphatic rings. The molecule has 0 aromatic carbocycles. The van der Waals surface area contributed by atoms with Gasteiger partial charge in [-0.1, -0.05) is 13.8 Å². The number of carbonyl (C=O) groups is 2. The number of nitrogens with one attached hydrogen (secondary N) is 1. The van der Waals surface area contributed by atoms with Crippen molar-refractivity contribution in [2.45, 2.75) is 44.7 Å². The highest BCUT2D eigenvalue weighted by Crippen LogP contribution is 2.25. The number of ether oxygens (including phenoxy) is 1. The van der Waals surface area contributed by atoms with Crippen molar-refractivity contribution in [3.05, 3.63) is 0 Å². The van der Waals surface area contributed by atoms with Crippen LogP contribution in [-0.4, -0.2) is 53.3 Å². The Morgan fingerprint density at radius 1 is 1.47 bits per heavy atom. The zero-order chi connectivity index (χ0) is 14.0. The molecule has 0 radical (unpaired) electrons. The summed E-state index contributed by atoms with van der Waals surface area (Å²) in [6.07, 6.45) is 2.29. The molecule has 2 atom stereocenters. The number of rotatable bonds is 3. The Labute approximate surface area is 113 Å². The smallest absolute Gasteiger partial charge is 0.332 e. The molecule has 0 saturated carbocycles. The van der Waals surface area contributed by atoms with Crippen LogP contribution in [0.5, 0.6) is 0 Å². The van der Waals surface area contributed by atoms with Crippen molar-refractivity contribution in [1.82, 2.24) is 10.2 Å². The molecule has 2 rings (SSSR count). The van der Waals surface area contributed by atoms with Crippen molar-refractivity contribution in [1.29, 1.82) is 0 Å². The third kappa shape index (κ3) is 2.68. The molecule has 0 spiro atoms. The van der Waals surface area contributed by atoms with Crippen molar-refractivity contribution >= 4 is 12.0 Å². The van der Waals surface area contributed by atoms with Gasteiger partial charge in [0.2, 0.25) is 0 Å². The summed E-state index contributed by atoms with van der Waals surface area (Å²) in [6.45, 7) is 5.30. The van der Waals surface area contributed by atoms with Crippen LogP contribution in [0.3, 0.4) is 0 Å². The van der Waals surface area contributed by atoms with Gasteiger partial charge in [0.05, 0.1) is 6.61 Å². The van der Waals surface area contributed by atoms with Gasteiger partial charge in [0.15, 0.2) is 5.54 Å². The van der Waals surface area contributed by atoms with E-state index >= 15 is 0 Å². The minimum Gasteiger partial charge on any atom is -0.479 e. The van der Waals surface area contributed by atoms with E-state index in [0.29, 0.717) is 25.5 Å². The van der Waals surface area contributed by atoms with Gasteiger partial charge in [-0.3, -0.25) is 0 Å². The highest BCUT2D eigenvalue weighted by Gasteiger charge is 2.45. The first-order valence-corrected chi connectivity index (χ1v) is 6.86. The van der Waals surface area contributed by atoms with E-state index in [2.05, 4.69) is 19.2 Å². The van der Waals surface area contributed by atoms with Gasteiger partial charge in [0, 0.05) is 25.6 Å². The molecule has 0 aromatic rings. The lowest BCUT2D eigenvalue weighted by molar-refractivity contribution is -0.144. The van der Waals surface area contributed by atoms with Crippen molar-refractivity contribution < 1.29 is 19.4 Å². The lowest BCUT2D eigenvalue weighted by Crippen LogP contribution is -2.59. The Morgan fingerprint density at radius 2 is 2.21 bits per heavy atom. The Balaban J connectivity index is 2.05. The van der Waals surface area contributed by atoms with Crippen molar-refractivity contribution in [2.24, 2.45) is 5.92 Å². The van der Waals surface area contributed by atoms with Gasteiger partial charge in [-0.25, -0.2) is 9.59 Å². The second-order valence-electron chi connectivity index (χ2n) is 5.77. The standard InChI is InChI=1S/C13H22N2O4/c1-9(2)10-4-3-6-15(10)12(18)14-13(11(16)17)5-7-19-8-13/h9-10H,3-8H2,1-2H3,(H,14,18)(H,16,17). The Hall–Kier alpha value is -1.30. The van der Waals surface area contributed by atoms with E-state index in [-0.39, 0.29) is 18.7 Å². The molecule has 2 unspecified atom stereocenters. The Bertz CT molecular complexity index is 364. The molecule has 2 aliphatic heterocycles. The average molecular weight is 270 g/mol. The summed E-state index contributed by atoms with van der Waals surface area (Å²) in [5.41, 5.74) is -1.25. The van der Waals surface area contributed by atoms with E-state index in [1.807, 2.05) is 0 Å². The molecule has 19 heavy (non-hydrogen) atoms. The maximum atomic E-state index is 12.3. The van der Waals surface area contributed by atoms with Crippen molar-refractivity contribution in [3.8, 4) is 0 Å². The third-order valence-electron chi connectivity index (χ3n) is 4.11. The van der Waals surface area contributed by atoms with Crippen molar-refractivity contribution in [2.75, 3.05) is 19.8 Å². The van der Waals surface area contributed by atoms with Crippen LogP contribution in [0.4, 0.5) is 4.79 Å². The molecule has 0 bridgehead atoms. The first kappa shape index (κ1) is 14.1. The van der Waals surface area contributed by atoms with E-state index in [4.69, 9.17) is 4.74 Å². The van der Waals surface area contributed by atoms with E-state index in [1.54, 1.807) is 4.90 Å². The van der Waals surface area contributed by atoms with Crippen LogP contribution >= 0.6 is 0 Å². The van der Waals surface area contributed by atoms with Gasteiger partial charge in [0.1, 0.15) is 0 Å². The summed E-state index contributed by atoms with van der Waals surface area (Å²) in [7, 11) is 0. The maximum Gasteiger partial charge on any atom is 0.332 e. The largest absolute Gasteiger partial charge is 0.479 e. The first-order valence-electron chi connectivity index (χ1n) is 6.86. The highest BCUT2D eigenvalue weighted by molar-refractivity contribution is 5.87. The zero-order valence-corrected chi connectivity index (χ0v) is 11.5. The molecule has 2 N–H and O–H groups in total. The second-order valence-corrected chi connectivity index (χ2v) is 5.77. The van der Waals surface area contributed by atoms with Gasteiger partial charge in [-0.2, -0.15) is 0 Å². The van der Waals surface area contributed by atoms with Gasteiger partial charge in [-0.05, 0) is 18.8 Å². The number of carboxylic acid groups (broad SMARTS) is 1. The van der Waals surface area contributed by atoms with Crippen LogP contribution in [0.15, 0.2) is 0 Å². The van der Waals surface area contributed by atoms with Gasteiger partial charge >= 0.3 is 12.0 Å². The first-order chi connectivity index (χ1) is 8.96. The maximum absolute atomic E-state index is 12.3.